The molecule has 0 aromatic carbocycles. The van der Waals surface area contributed by atoms with E-state index < -0.39 is 0 Å². The summed E-state index contributed by atoms with van der Waals surface area (Å²) >= 11 is 4.69. The maximum Gasteiger partial charge on any atom is 0.228 e. The topological polar surface area (TPSA) is 63.2 Å². The molecule has 7 heteroatoms. The van der Waals surface area contributed by atoms with Gasteiger partial charge in [0.1, 0.15) is 0 Å². The van der Waals surface area contributed by atoms with Gasteiger partial charge in [-0.05, 0) is 15.9 Å². The first-order chi connectivity index (χ1) is 7.74. The summed E-state index contributed by atoms with van der Waals surface area (Å²) in [5.41, 5.74) is 0. The molecule has 1 aromatic heterocycles. The number of rotatable bonds is 3. The molecular formula is C9H12BrN3O2S. The molecule has 1 aliphatic heterocycles. The number of hydrogen-bond acceptors (Lipinski definition) is 5. The lowest BCUT2D eigenvalue weighted by Crippen LogP contribution is -2.40. The Morgan fingerprint density at radius 3 is 3.31 bits per heavy atom. The molecule has 0 saturated carbocycles. The average Bonchev–Trinajstić information content (AvgIpc) is 2.65. The fourth-order valence-electron chi connectivity index (χ4n) is 1.44. The minimum atomic E-state index is -0.0597. The summed E-state index contributed by atoms with van der Waals surface area (Å²) in [5.74, 6) is -0.0597. The molecule has 0 bridgehead atoms. The third-order valence-corrected chi connectivity index (χ3v) is 3.53. The van der Waals surface area contributed by atoms with Crippen molar-refractivity contribution in [2.45, 2.75) is 12.5 Å². The molecule has 1 aromatic rings. The molecule has 1 saturated heterocycles. The number of morpholine rings is 1. The Hall–Kier alpha value is -0.500. The van der Waals surface area contributed by atoms with Crippen LogP contribution in [0.25, 0.3) is 0 Å². The van der Waals surface area contributed by atoms with Crippen LogP contribution >= 0.6 is 27.3 Å². The van der Waals surface area contributed by atoms with Gasteiger partial charge in [-0.2, -0.15) is 0 Å². The van der Waals surface area contributed by atoms with Gasteiger partial charge in [0.15, 0.2) is 5.13 Å². The van der Waals surface area contributed by atoms with Crippen molar-refractivity contribution in [3.8, 4) is 0 Å². The fraction of sp³-hybridized carbons (Fsp3) is 0.556. The van der Waals surface area contributed by atoms with Gasteiger partial charge in [0, 0.05) is 13.1 Å². The predicted octanol–water partition coefficient (Wildman–Crippen LogP) is 1.22. The number of halogens is 1. The van der Waals surface area contributed by atoms with Crippen LogP contribution in [0.15, 0.2) is 9.98 Å². The van der Waals surface area contributed by atoms with Gasteiger partial charge in [0.05, 0.1) is 29.1 Å². The molecule has 1 atom stereocenters. The Kier molecular flexibility index (Phi) is 4.28. The first kappa shape index (κ1) is 12.0. The molecule has 5 nitrogen and oxygen atoms in total. The minimum absolute atomic E-state index is 0.0304. The highest BCUT2D eigenvalue weighted by Gasteiger charge is 2.17. The summed E-state index contributed by atoms with van der Waals surface area (Å²) in [6.45, 7) is 2.26. The molecule has 1 aliphatic rings. The van der Waals surface area contributed by atoms with Gasteiger partial charge < -0.3 is 15.4 Å². The molecule has 0 spiro atoms. The summed E-state index contributed by atoms with van der Waals surface area (Å²) in [4.78, 5) is 15.7. The van der Waals surface area contributed by atoms with Crippen molar-refractivity contribution in [2.75, 3.05) is 25.0 Å². The maximum absolute atomic E-state index is 11.6. The van der Waals surface area contributed by atoms with Crippen LogP contribution in [0, 0.1) is 0 Å². The lowest BCUT2D eigenvalue weighted by Gasteiger charge is -2.22. The molecule has 2 heterocycles. The van der Waals surface area contributed by atoms with E-state index >= 15 is 0 Å². The van der Waals surface area contributed by atoms with Gasteiger partial charge >= 0.3 is 0 Å². The average molecular weight is 306 g/mol. The zero-order valence-electron chi connectivity index (χ0n) is 8.53. The van der Waals surface area contributed by atoms with Crippen LogP contribution in [0.5, 0.6) is 0 Å². The van der Waals surface area contributed by atoms with Crippen LogP contribution in [-0.4, -0.2) is 36.7 Å². The standard InChI is InChI=1S/C9H12BrN3O2S/c10-7-5-12-9(16-7)13-8(14)3-6-4-11-1-2-15-6/h5-6,11H,1-4H2,(H,12,13,14). The number of nitrogens with one attached hydrogen (secondary N) is 2. The number of nitrogens with zero attached hydrogens (tertiary/aromatic N) is 1. The van der Waals surface area contributed by atoms with E-state index in [1.54, 1.807) is 6.20 Å². The van der Waals surface area contributed by atoms with Crippen molar-refractivity contribution in [1.82, 2.24) is 10.3 Å². The van der Waals surface area contributed by atoms with Crippen LogP contribution in [0.4, 0.5) is 5.13 Å². The van der Waals surface area contributed by atoms with Crippen LogP contribution in [-0.2, 0) is 9.53 Å². The van der Waals surface area contributed by atoms with Gasteiger partial charge in [-0.1, -0.05) is 11.3 Å². The highest BCUT2D eigenvalue weighted by atomic mass is 79.9. The third kappa shape index (κ3) is 3.51. The SMILES string of the molecule is O=C(CC1CNCCO1)Nc1ncc(Br)s1. The number of ether oxygens (including phenoxy) is 1. The van der Waals surface area contributed by atoms with E-state index in [1.807, 2.05) is 0 Å². The normalized spacial score (nSPS) is 20.7. The van der Waals surface area contributed by atoms with Crippen molar-refractivity contribution in [1.29, 1.82) is 0 Å². The summed E-state index contributed by atoms with van der Waals surface area (Å²) in [7, 11) is 0. The van der Waals surface area contributed by atoms with Gasteiger partial charge in [-0.15, -0.1) is 0 Å². The van der Waals surface area contributed by atoms with E-state index in [-0.39, 0.29) is 12.0 Å². The van der Waals surface area contributed by atoms with E-state index in [0.29, 0.717) is 18.2 Å². The molecule has 2 rings (SSSR count). The van der Waals surface area contributed by atoms with E-state index in [4.69, 9.17) is 4.74 Å². The number of aromatic nitrogens is 1. The molecule has 1 amide bonds. The molecule has 1 unspecified atom stereocenters. The molecule has 0 aliphatic carbocycles. The minimum Gasteiger partial charge on any atom is -0.375 e. The Labute approximate surface area is 106 Å². The largest absolute Gasteiger partial charge is 0.375 e. The number of hydrogen-bond donors (Lipinski definition) is 2. The summed E-state index contributed by atoms with van der Waals surface area (Å²) < 4.78 is 6.34. The van der Waals surface area contributed by atoms with Crippen molar-refractivity contribution in [3.63, 3.8) is 0 Å². The van der Waals surface area contributed by atoms with E-state index in [2.05, 4.69) is 31.5 Å². The second-order valence-corrected chi connectivity index (χ2v) is 5.83. The molecule has 0 radical (unpaired) electrons. The van der Waals surface area contributed by atoms with E-state index in [0.717, 1.165) is 16.9 Å². The third-order valence-electron chi connectivity index (χ3n) is 2.14. The van der Waals surface area contributed by atoms with Gasteiger partial charge in [0.2, 0.25) is 5.91 Å². The summed E-state index contributed by atoms with van der Waals surface area (Å²) in [6.07, 6.45) is 2.00. The van der Waals surface area contributed by atoms with Crippen LogP contribution in [0.2, 0.25) is 0 Å². The second kappa shape index (κ2) is 5.72. The van der Waals surface area contributed by atoms with Crippen LogP contribution in [0.3, 0.4) is 0 Å². The van der Waals surface area contributed by atoms with Gasteiger partial charge in [-0.25, -0.2) is 4.98 Å². The Morgan fingerprint density at radius 2 is 2.69 bits per heavy atom. The monoisotopic (exact) mass is 305 g/mol. The zero-order valence-corrected chi connectivity index (χ0v) is 10.9. The lowest BCUT2D eigenvalue weighted by atomic mass is 10.2. The first-order valence-corrected chi connectivity index (χ1v) is 6.58. The Balaban J connectivity index is 1.79. The highest BCUT2D eigenvalue weighted by Crippen LogP contribution is 2.23. The maximum atomic E-state index is 11.6. The molecule has 16 heavy (non-hydrogen) atoms. The lowest BCUT2D eigenvalue weighted by molar-refractivity contribution is -0.119. The zero-order chi connectivity index (χ0) is 11.4. The predicted molar refractivity (Wildman–Crippen MR) is 65.7 cm³/mol. The second-order valence-electron chi connectivity index (χ2n) is 3.42. The summed E-state index contributed by atoms with van der Waals surface area (Å²) in [6, 6.07) is 0. The van der Waals surface area contributed by atoms with Crippen molar-refractivity contribution < 1.29 is 9.53 Å². The van der Waals surface area contributed by atoms with Crippen molar-refractivity contribution in [3.05, 3.63) is 9.98 Å². The number of carbonyl (C=O) groups is 1. The summed E-state index contributed by atoms with van der Waals surface area (Å²) in [5, 5.41) is 6.54. The fourth-order valence-corrected chi connectivity index (χ4v) is 2.56. The van der Waals surface area contributed by atoms with Crippen molar-refractivity contribution in [2.24, 2.45) is 0 Å². The first-order valence-electron chi connectivity index (χ1n) is 4.97. The van der Waals surface area contributed by atoms with Crippen molar-refractivity contribution >= 4 is 38.3 Å². The highest BCUT2D eigenvalue weighted by molar-refractivity contribution is 9.11. The Bertz CT molecular complexity index is 365. The van der Waals surface area contributed by atoms with Gasteiger partial charge in [-0.3, -0.25) is 4.79 Å². The van der Waals surface area contributed by atoms with E-state index in [1.165, 1.54) is 11.3 Å². The number of carbonyl (C=O) groups excluding carboxylic acids is 1. The van der Waals surface area contributed by atoms with Crippen LogP contribution < -0.4 is 10.6 Å². The van der Waals surface area contributed by atoms with Crippen LogP contribution in [0.1, 0.15) is 6.42 Å². The molecular weight excluding hydrogens is 294 g/mol. The van der Waals surface area contributed by atoms with E-state index in [9.17, 15) is 4.79 Å². The Morgan fingerprint density at radius 1 is 1.81 bits per heavy atom. The van der Waals surface area contributed by atoms with Gasteiger partial charge in [0.25, 0.3) is 0 Å². The number of amides is 1. The molecule has 2 N–H and O–H groups in total. The molecule has 88 valence electrons. The smallest absolute Gasteiger partial charge is 0.228 e. The number of thiazole rings is 1. The quantitative estimate of drug-likeness (QED) is 0.881. The number of anilines is 1. The molecule has 1 fully saturated rings.